The Balaban J connectivity index is 5.18. The number of rotatable bonds is 33. The molecule has 0 radical (unpaired) electrons. The third kappa shape index (κ3) is 38.8. The van der Waals surface area contributed by atoms with Gasteiger partial charge in [-0.05, 0) is 122 Å². The van der Waals surface area contributed by atoms with Crippen molar-refractivity contribution in [1.82, 2.24) is 24.7 Å². The molecule has 0 aromatic rings. The molecule has 65 heavy (non-hydrogen) atoms. The number of carbonyl (C=O) groups excluding carboxylic acids is 4. The second kappa shape index (κ2) is 32.7. The molecule has 0 saturated carbocycles. The number of nitrogens with one attached hydrogen (secondary N) is 2. The second-order valence-electron chi connectivity index (χ2n) is 21.4. The first-order valence-electron chi connectivity index (χ1n) is 25.0. The monoisotopic (exact) mass is 948 g/mol. The Hall–Kier alpha value is -3.01. The maximum absolute atomic E-state index is 13.4. The Kier molecular flexibility index (Phi) is 31.1. The topological polar surface area (TPSA) is 173 Å². The first kappa shape index (κ1) is 62.0. The maximum Gasteiger partial charge on any atom is 0.410 e. The third-order valence-electron chi connectivity index (χ3n) is 9.88. The fourth-order valence-corrected chi connectivity index (χ4v) is 7.94. The molecule has 0 aliphatic rings. The van der Waals surface area contributed by atoms with Crippen LogP contribution >= 0.6 is 0 Å². The summed E-state index contributed by atoms with van der Waals surface area (Å²) in [6, 6.07) is 0. The average molecular weight is 948 g/mol. The molecule has 0 aromatic carbocycles. The summed E-state index contributed by atoms with van der Waals surface area (Å²) in [5, 5.41) is 2.72. The molecule has 0 heterocycles. The zero-order valence-electron chi connectivity index (χ0n) is 43.6. The van der Waals surface area contributed by atoms with Crippen molar-refractivity contribution >= 4 is 34.4 Å². The fraction of sp³-hybridized carbons (Fsp3) is 0.918. The van der Waals surface area contributed by atoms with Gasteiger partial charge in [0.1, 0.15) is 22.4 Å². The van der Waals surface area contributed by atoms with E-state index in [0.717, 1.165) is 19.3 Å². The third-order valence-corrected chi connectivity index (χ3v) is 11.4. The van der Waals surface area contributed by atoms with Crippen molar-refractivity contribution in [3.05, 3.63) is 0 Å². The van der Waals surface area contributed by atoms with Gasteiger partial charge in [-0.25, -0.2) is 32.3 Å². The Morgan fingerprint density at radius 3 is 1.06 bits per heavy atom. The molecule has 0 saturated heterocycles. The SMILES string of the molecule is CCCCCCCCCCCCCCCCS(=O)(=O)NCCCN(CCCN(CCCCN(CCCNC(=O)OC(C)(C)C)C(=O)OC(C)(C)C)C(=O)OC(C)(C)C)C(=O)OC(C)(C)C. The quantitative estimate of drug-likeness (QED) is 0.0476. The Morgan fingerprint density at radius 1 is 0.400 bits per heavy atom. The van der Waals surface area contributed by atoms with Gasteiger partial charge < -0.3 is 39.0 Å². The van der Waals surface area contributed by atoms with E-state index in [2.05, 4.69) is 17.0 Å². The number of amides is 4. The number of hydrogen-bond donors (Lipinski definition) is 2. The smallest absolute Gasteiger partial charge is 0.410 e. The Labute approximate surface area is 396 Å². The van der Waals surface area contributed by atoms with Gasteiger partial charge in [0.2, 0.25) is 10.0 Å². The molecular formula is C49H97N5O10S. The van der Waals surface area contributed by atoms with E-state index in [0.29, 0.717) is 71.2 Å². The van der Waals surface area contributed by atoms with Gasteiger partial charge in [0, 0.05) is 52.4 Å². The number of nitrogens with zero attached hydrogens (tertiary/aromatic N) is 3. The van der Waals surface area contributed by atoms with Crippen LogP contribution in [0.1, 0.15) is 212 Å². The zero-order chi connectivity index (χ0) is 49.6. The van der Waals surface area contributed by atoms with E-state index < -0.39 is 56.8 Å². The van der Waals surface area contributed by atoms with Gasteiger partial charge in [0.15, 0.2) is 0 Å². The van der Waals surface area contributed by atoms with Crippen molar-refractivity contribution in [2.75, 3.05) is 58.1 Å². The van der Waals surface area contributed by atoms with Gasteiger partial charge in [-0.3, -0.25) is 0 Å². The van der Waals surface area contributed by atoms with Crippen LogP contribution in [0.15, 0.2) is 0 Å². The van der Waals surface area contributed by atoms with E-state index in [1.165, 1.54) is 64.2 Å². The van der Waals surface area contributed by atoms with Crippen LogP contribution in [0.4, 0.5) is 19.2 Å². The summed E-state index contributed by atoms with van der Waals surface area (Å²) in [6.45, 7) is 26.3. The predicted molar refractivity (Wildman–Crippen MR) is 263 cm³/mol. The number of carbonyl (C=O) groups is 4. The Bertz CT molecular complexity index is 1420. The van der Waals surface area contributed by atoms with Gasteiger partial charge in [0.25, 0.3) is 0 Å². The van der Waals surface area contributed by atoms with Crippen molar-refractivity contribution < 1.29 is 46.5 Å². The normalized spacial score (nSPS) is 12.4. The highest BCUT2D eigenvalue weighted by Crippen LogP contribution is 2.17. The lowest BCUT2D eigenvalue weighted by Crippen LogP contribution is -2.42. The molecule has 0 rings (SSSR count). The molecule has 384 valence electrons. The first-order valence-corrected chi connectivity index (χ1v) is 26.7. The fourth-order valence-electron chi connectivity index (χ4n) is 6.75. The van der Waals surface area contributed by atoms with Gasteiger partial charge in [-0.2, -0.15) is 0 Å². The van der Waals surface area contributed by atoms with Gasteiger partial charge >= 0.3 is 24.4 Å². The van der Waals surface area contributed by atoms with E-state index in [1.807, 2.05) is 0 Å². The van der Waals surface area contributed by atoms with Crippen LogP contribution in [0.2, 0.25) is 0 Å². The van der Waals surface area contributed by atoms with Crippen molar-refractivity contribution in [3.8, 4) is 0 Å². The largest absolute Gasteiger partial charge is 0.444 e. The summed E-state index contributed by atoms with van der Waals surface area (Å²) in [4.78, 5) is 56.7. The highest BCUT2D eigenvalue weighted by molar-refractivity contribution is 7.89. The minimum Gasteiger partial charge on any atom is -0.444 e. The number of unbranched alkanes of at least 4 members (excludes halogenated alkanes) is 14. The minimum atomic E-state index is -3.43. The summed E-state index contributed by atoms with van der Waals surface area (Å²) in [5.74, 6) is 0.0909. The average Bonchev–Trinajstić information content (AvgIpc) is 3.14. The summed E-state index contributed by atoms with van der Waals surface area (Å²) in [6.07, 6.45) is 17.3. The van der Waals surface area contributed by atoms with Crippen LogP contribution in [-0.4, -0.2) is 128 Å². The molecule has 15 nitrogen and oxygen atoms in total. The highest BCUT2D eigenvalue weighted by Gasteiger charge is 2.26. The lowest BCUT2D eigenvalue weighted by Gasteiger charge is -2.30. The zero-order valence-corrected chi connectivity index (χ0v) is 44.4. The molecule has 2 N–H and O–H groups in total. The minimum absolute atomic E-state index is 0.0909. The lowest BCUT2D eigenvalue weighted by atomic mass is 10.0. The van der Waals surface area contributed by atoms with Crippen molar-refractivity contribution in [1.29, 1.82) is 0 Å². The summed E-state index contributed by atoms with van der Waals surface area (Å²) < 4.78 is 50.6. The van der Waals surface area contributed by atoms with Gasteiger partial charge in [-0.15, -0.1) is 0 Å². The van der Waals surface area contributed by atoms with Gasteiger partial charge in [-0.1, -0.05) is 90.4 Å². The summed E-state index contributed by atoms with van der Waals surface area (Å²) in [5.41, 5.74) is -2.76. The standard InChI is InChI=1S/C49H97N5O10S/c1-14-15-16-17-18-19-20-21-22-23-24-25-26-29-41-65(59,60)51-34-31-38-54(45(58)64-49(11,12)13)40-32-39-53(44(57)63-48(8,9)10)36-28-27-35-52(43(56)62-47(5,6)7)37-30-33-50-42(55)61-46(2,3)4/h51H,14-41H2,1-13H3,(H,50,55). The molecule has 0 bridgehead atoms. The number of hydrogen-bond acceptors (Lipinski definition) is 10. The van der Waals surface area contributed by atoms with Crippen LogP contribution in [0, 0.1) is 0 Å². The van der Waals surface area contributed by atoms with Gasteiger partial charge in [0.05, 0.1) is 5.75 Å². The number of sulfonamides is 1. The molecule has 0 atom stereocenters. The van der Waals surface area contributed by atoms with Crippen LogP contribution in [0.3, 0.4) is 0 Å². The number of alkyl carbamates (subject to hydrolysis) is 1. The second-order valence-corrected chi connectivity index (χ2v) is 23.3. The van der Waals surface area contributed by atoms with Crippen molar-refractivity contribution in [2.45, 2.75) is 234 Å². The highest BCUT2D eigenvalue weighted by atomic mass is 32.2. The number of ether oxygens (including phenoxy) is 4. The van der Waals surface area contributed by atoms with E-state index in [9.17, 15) is 27.6 Å². The van der Waals surface area contributed by atoms with Crippen molar-refractivity contribution in [2.24, 2.45) is 0 Å². The lowest BCUT2D eigenvalue weighted by molar-refractivity contribution is 0.0181. The van der Waals surface area contributed by atoms with E-state index in [1.54, 1.807) is 97.8 Å². The van der Waals surface area contributed by atoms with E-state index in [4.69, 9.17) is 18.9 Å². The molecule has 16 heteroatoms. The predicted octanol–water partition coefficient (Wildman–Crippen LogP) is 11.6. The summed E-state index contributed by atoms with van der Waals surface area (Å²) in [7, 11) is -3.43. The Morgan fingerprint density at radius 2 is 0.708 bits per heavy atom. The molecule has 0 aliphatic carbocycles. The van der Waals surface area contributed by atoms with E-state index in [-0.39, 0.29) is 25.4 Å². The molecule has 4 amide bonds. The maximum atomic E-state index is 13.4. The first-order chi connectivity index (χ1) is 30.1. The molecule has 0 aliphatic heterocycles. The van der Waals surface area contributed by atoms with Crippen LogP contribution in [0.25, 0.3) is 0 Å². The van der Waals surface area contributed by atoms with Crippen molar-refractivity contribution in [3.63, 3.8) is 0 Å². The molecule has 0 fully saturated rings. The summed E-state index contributed by atoms with van der Waals surface area (Å²) >= 11 is 0. The molecule has 0 unspecified atom stereocenters. The molecular weight excluding hydrogens is 851 g/mol. The molecule has 0 spiro atoms. The molecule has 0 aromatic heterocycles. The van der Waals surface area contributed by atoms with E-state index >= 15 is 0 Å². The van der Waals surface area contributed by atoms with Crippen LogP contribution < -0.4 is 10.0 Å². The van der Waals surface area contributed by atoms with Crippen LogP contribution in [-0.2, 0) is 29.0 Å². The van der Waals surface area contributed by atoms with Crippen LogP contribution in [0.5, 0.6) is 0 Å².